The van der Waals surface area contributed by atoms with Crippen LogP contribution in [0.1, 0.15) is 19.4 Å². The summed E-state index contributed by atoms with van der Waals surface area (Å²) >= 11 is 0. The second-order valence-electron chi connectivity index (χ2n) is 4.54. The zero-order chi connectivity index (χ0) is 13.4. The molecule has 4 heteroatoms. The highest BCUT2D eigenvalue weighted by atomic mass is 16.6. The summed E-state index contributed by atoms with van der Waals surface area (Å²) in [6.07, 6.45) is 0. The SMILES string of the molecule is COC(=O)COc1cccc(CNCC(C)C)c1. The van der Waals surface area contributed by atoms with Crippen molar-refractivity contribution >= 4 is 5.97 Å². The molecule has 1 rings (SSSR count). The minimum Gasteiger partial charge on any atom is -0.482 e. The monoisotopic (exact) mass is 251 g/mol. The van der Waals surface area contributed by atoms with Gasteiger partial charge in [0, 0.05) is 6.54 Å². The molecule has 0 heterocycles. The zero-order valence-corrected chi connectivity index (χ0v) is 11.2. The number of carbonyl (C=O) groups is 1. The van der Waals surface area contributed by atoms with Gasteiger partial charge in [-0.3, -0.25) is 0 Å². The Morgan fingerprint density at radius 2 is 2.17 bits per heavy atom. The number of hydrogen-bond donors (Lipinski definition) is 1. The van der Waals surface area contributed by atoms with Crippen LogP contribution in [0.25, 0.3) is 0 Å². The van der Waals surface area contributed by atoms with Crippen molar-refractivity contribution in [1.82, 2.24) is 5.32 Å². The van der Waals surface area contributed by atoms with Crippen LogP contribution < -0.4 is 10.1 Å². The van der Waals surface area contributed by atoms with Gasteiger partial charge in [0.05, 0.1) is 7.11 Å². The highest BCUT2D eigenvalue weighted by Gasteiger charge is 2.02. The summed E-state index contributed by atoms with van der Waals surface area (Å²) in [5, 5.41) is 3.36. The van der Waals surface area contributed by atoms with E-state index in [0.29, 0.717) is 11.7 Å². The molecule has 0 atom stereocenters. The first kappa shape index (κ1) is 14.5. The van der Waals surface area contributed by atoms with Gasteiger partial charge < -0.3 is 14.8 Å². The molecular weight excluding hydrogens is 230 g/mol. The summed E-state index contributed by atoms with van der Waals surface area (Å²) in [5.41, 5.74) is 1.14. The molecule has 0 spiro atoms. The molecule has 0 aliphatic rings. The van der Waals surface area contributed by atoms with Crippen molar-refractivity contribution in [3.63, 3.8) is 0 Å². The van der Waals surface area contributed by atoms with Gasteiger partial charge in [0.15, 0.2) is 6.61 Å². The van der Waals surface area contributed by atoms with E-state index in [1.807, 2.05) is 24.3 Å². The summed E-state index contributed by atoms with van der Waals surface area (Å²) in [4.78, 5) is 11.0. The van der Waals surface area contributed by atoms with Crippen molar-refractivity contribution in [3.05, 3.63) is 29.8 Å². The van der Waals surface area contributed by atoms with E-state index in [0.717, 1.165) is 18.7 Å². The first-order valence-electron chi connectivity index (χ1n) is 6.11. The maximum absolute atomic E-state index is 11.0. The third kappa shape index (κ3) is 5.68. The average molecular weight is 251 g/mol. The Labute approximate surface area is 108 Å². The van der Waals surface area contributed by atoms with E-state index >= 15 is 0 Å². The summed E-state index contributed by atoms with van der Waals surface area (Å²) in [7, 11) is 1.35. The predicted molar refractivity (Wildman–Crippen MR) is 70.5 cm³/mol. The molecule has 0 unspecified atom stereocenters. The second-order valence-corrected chi connectivity index (χ2v) is 4.54. The number of methoxy groups -OCH3 is 1. The lowest BCUT2D eigenvalue weighted by molar-refractivity contribution is -0.142. The van der Waals surface area contributed by atoms with Crippen molar-refractivity contribution in [3.8, 4) is 5.75 Å². The van der Waals surface area contributed by atoms with E-state index in [2.05, 4.69) is 23.9 Å². The first-order valence-corrected chi connectivity index (χ1v) is 6.11. The molecule has 1 N–H and O–H groups in total. The Morgan fingerprint density at radius 3 is 2.83 bits per heavy atom. The topological polar surface area (TPSA) is 47.6 Å². The van der Waals surface area contributed by atoms with E-state index in [-0.39, 0.29) is 12.6 Å². The number of esters is 1. The van der Waals surface area contributed by atoms with E-state index in [4.69, 9.17) is 4.74 Å². The van der Waals surface area contributed by atoms with Crippen molar-refractivity contribution in [2.45, 2.75) is 20.4 Å². The van der Waals surface area contributed by atoms with Crippen molar-refractivity contribution in [2.24, 2.45) is 5.92 Å². The highest BCUT2D eigenvalue weighted by molar-refractivity contribution is 5.70. The third-order valence-electron chi connectivity index (χ3n) is 2.36. The largest absolute Gasteiger partial charge is 0.482 e. The van der Waals surface area contributed by atoms with Crippen molar-refractivity contribution in [1.29, 1.82) is 0 Å². The quantitative estimate of drug-likeness (QED) is 0.753. The number of rotatable bonds is 7. The van der Waals surface area contributed by atoms with Crippen LogP contribution in [0.4, 0.5) is 0 Å². The predicted octanol–water partition coefficient (Wildman–Crippen LogP) is 1.98. The minimum absolute atomic E-state index is 0.0562. The van der Waals surface area contributed by atoms with Crippen LogP contribution in [-0.4, -0.2) is 26.2 Å². The molecule has 0 saturated heterocycles. The van der Waals surface area contributed by atoms with Crippen LogP contribution in [0.2, 0.25) is 0 Å². The Kier molecular flexibility index (Phi) is 6.22. The van der Waals surface area contributed by atoms with Gasteiger partial charge in [0.1, 0.15) is 5.75 Å². The normalized spacial score (nSPS) is 10.4. The fraction of sp³-hybridized carbons (Fsp3) is 0.500. The Balaban J connectivity index is 2.43. The lowest BCUT2D eigenvalue weighted by atomic mass is 10.2. The molecule has 0 aliphatic carbocycles. The van der Waals surface area contributed by atoms with E-state index in [1.165, 1.54) is 7.11 Å². The van der Waals surface area contributed by atoms with Gasteiger partial charge >= 0.3 is 5.97 Å². The molecule has 1 aromatic carbocycles. The molecule has 4 nitrogen and oxygen atoms in total. The Hall–Kier alpha value is -1.55. The number of ether oxygens (including phenoxy) is 2. The van der Waals surface area contributed by atoms with Crippen LogP contribution in [-0.2, 0) is 16.1 Å². The smallest absolute Gasteiger partial charge is 0.343 e. The fourth-order valence-corrected chi connectivity index (χ4v) is 1.45. The minimum atomic E-state index is -0.377. The van der Waals surface area contributed by atoms with Gasteiger partial charge in [-0.2, -0.15) is 0 Å². The number of nitrogens with one attached hydrogen (secondary N) is 1. The molecule has 0 bridgehead atoms. The number of hydrogen-bond acceptors (Lipinski definition) is 4. The molecular formula is C14H21NO3. The molecule has 0 radical (unpaired) electrons. The van der Waals surface area contributed by atoms with Crippen LogP contribution in [0.5, 0.6) is 5.75 Å². The van der Waals surface area contributed by atoms with E-state index < -0.39 is 0 Å². The zero-order valence-electron chi connectivity index (χ0n) is 11.2. The molecule has 0 fully saturated rings. The second kappa shape index (κ2) is 7.71. The maximum atomic E-state index is 11.0. The number of carbonyl (C=O) groups excluding carboxylic acids is 1. The van der Waals surface area contributed by atoms with Crippen LogP contribution in [0.15, 0.2) is 24.3 Å². The fourth-order valence-electron chi connectivity index (χ4n) is 1.45. The van der Waals surface area contributed by atoms with Gasteiger partial charge in [-0.25, -0.2) is 4.79 Å². The summed E-state index contributed by atoms with van der Waals surface area (Å²) < 4.78 is 9.84. The average Bonchev–Trinajstić information content (AvgIpc) is 2.36. The Morgan fingerprint density at radius 1 is 1.39 bits per heavy atom. The van der Waals surface area contributed by atoms with E-state index in [1.54, 1.807) is 0 Å². The lowest BCUT2D eigenvalue weighted by Gasteiger charge is -2.09. The van der Waals surface area contributed by atoms with Gasteiger partial charge in [0.25, 0.3) is 0 Å². The lowest BCUT2D eigenvalue weighted by Crippen LogP contribution is -2.19. The van der Waals surface area contributed by atoms with E-state index in [9.17, 15) is 4.79 Å². The maximum Gasteiger partial charge on any atom is 0.343 e. The standard InChI is InChI=1S/C14H21NO3/c1-11(2)8-15-9-12-5-4-6-13(7-12)18-10-14(16)17-3/h4-7,11,15H,8-10H2,1-3H3. The van der Waals surface area contributed by atoms with Gasteiger partial charge in [-0.1, -0.05) is 26.0 Å². The molecule has 100 valence electrons. The van der Waals surface area contributed by atoms with Crippen molar-refractivity contribution in [2.75, 3.05) is 20.3 Å². The van der Waals surface area contributed by atoms with Gasteiger partial charge in [-0.05, 0) is 30.2 Å². The highest BCUT2D eigenvalue weighted by Crippen LogP contribution is 2.13. The first-order chi connectivity index (χ1) is 8.61. The molecule has 0 aromatic heterocycles. The molecule has 0 amide bonds. The summed E-state index contributed by atoms with van der Waals surface area (Å²) in [5.74, 6) is 0.936. The Bertz CT molecular complexity index is 377. The van der Waals surface area contributed by atoms with Crippen LogP contribution in [0.3, 0.4) is 0 Å². The van der Waals surface area contributed by atoms with Crippen LogP contribution in [0, 0.1) is 5.92 Å². The molecule has 0 aliphatic heterocycles. The molecule has 0 saturated carbocycles. The molecule has 18 heavy (non-hydrogen) atoms. The van der Waals surface area contributed by atoms with Gasteiger partial charge in [0.2, 0.25) is 0 Å². The third-order valence-corrected chi connectivity index (χ3v) is 2.36. The summed E-state index contributed by atoms with van der Waals surface area (Å²) in [6, 6.07) is 7.70. The number of benzene rings is 1. The van der Waals surface area contributed by atoms with Gasteiger partial charge in [-0.15, -0.1) is 0 Å². The van der Waals surface area contributed by atoms with Crippen molar-refractivity contribution < 1.29 is 14.3 Å². The molecule has 1 aromatic rings. The van der Waals surface area contributed by atoms with Crippen LogP contribution >= 0.6 is 0 Å². The summed E-state index contributed by atoms with van der Waals surface area (Å²) in [6.45, 7) is 6.06.